The SMILES string of the molecule is Cc1ccc([C@H]2CN(C(=O)C(C)C)[C@H](C)CN2C(=O)O)cc1. The summed E-state index contributed by atoms with van der Waals surface area (Å²) in [6.45, 7) is 8.40. The Morgan fingerprint density at radius 1 is 1.14 bits per heavy atom. The first-order chi connectivity index (χ1) is 10.3. The van der Waals surface area contributed by atoms with Gasteiger partial charge in [-0.3, -0.25) is 9.69 Å². The van der Waals surface area contributed by atoms with Gasteiger partial charge in [0.2, 0.25) is 5.91 Å². The number of amides is 2. The van der Waals surface area contributed by atoms with E-state index >= 15 is 0 Å². The zero-order valence-electron chi connectivity index (χ0n) is 13.6. The average molecular weight is 304 g/mol. The largest absolute Gasteiger partial charge is 0.465 e. The lowest BCUT2D eigenvalue weighted by atomic mass is 9.98. The normalized spacial score (nSPS) is 22.0. The summed E-state index contributed by atoms with van der Waals surface area (Å²) in [6.07, 6.45) is -0.936. The predicted molar refractivity (Wildman–Crippen MR) is 84.7 cm³/mol. The minimum atomic E-state index is -0.936. The van der Waals surface area contributed by atoms with Crippen LogP contribution in [0.15, 0.2) is 24.3 Å². The molecule has 1 saturated heterocycles. The van der Waals surface area contributed by atoms with Crippen LogP contribution in [0.25, 0.3) is 0 Å². The van der Waals surface area contributed by atoms with Gasteiger partial charge in [0.25, 0.3) is 0 Å². The van der Waals surface area contributed by atoms with Gasteiger partial charge in [-0.25, -0.2) is 4.79 Å². The molecule has 0 bridgehead atoms. The van der Waals surface area contributed by atoms with Crippen molar-refractivity contribution < 1.29 is 14.7 Å². The van der Waals surface area contributed by atoms with Crippen molar-refractivity contribution in [1.82, 2.24) is 9.80 Å². The third-order valence-electron chi connectivity index (χ3n) is 4.22. The molecule has 2 rings (SSSR count). The smallest absolute Gasteiger partial charge is 0.407 e. The van der Waals surface area contributed by atoms with Gasteiger partial charge in [-0.15, -0.1) is 0 Å². The van der Waals surface area contributed by atoms with Crippen LogP contribution in [0.3, 0.4) is 0 Å². The number of benzene rings is 1. The maximum atomic E-state index is 12.4. The Morgan fingerprint density at radius 2 is 1.73 bits per heavy atom. The zero-order chi connectivity index (χ0) is 16.4. The molecule has 0 saturated carbocycles. The topological polar surface area (TPSA) is 60.9 Å². The van der Waals surface area contributed by atoms with E-state index in [1.54, 1.807) is 0 Å². The van der Waals surface area contributed by atoms with E-state index in [1.165, 1.54) is 4.90 Å². The quantitative estimate of drug-likeness (QED) is 0.914. The Kier molecular flexibility index (Phi) is 4.74. The molecule has 1 aromatic rings. The summed E-state index contributed by atoms with van der Waals surface area (Å²) < 4.78 is 0. The van der Waals surface area contributed by atoms with Crippen LogP contribution < -0.4 is 0 Å². The summed E-state index contributed by atoms with van der Waals surface area (Å²) in [4.78, 5) is 27.2. The molecular formula is C17H24N2O3. The number of hydrogen-bond acceptors (Lipinski definition) is 2. The summed E-state index contributed by atoms with van der Waals surface area (Å²) in [5, 5.41) is 9.50. The minimum Gasteiger partial charge on any atom is -0.465 e. The standard InChI is InChI=1S/C17H24N2O3/c1-11(2)16(20)18-10-15(14-7-5-12(3)6-8-14)19(17(21)22)9-13(18)4/h5-8,11,13,15H,9-10H2,1-4H3,(H,21,22)/t13-,15-/m1/s1. The lowest BCUT2D eigenvalue weighted by Gasteiger charge is -2.44. The number of nitrogens with zero attached hydrogens (tertiary/aromatic N) is 2. The first-order valence-electron chi connectivity index (χ1n) is 7.68. The Bertz CT molecular complexity index is 554. The van der Waals surface area contributed by atoms with Crippen molar-refractivity contribution >= 4 is 12.0 Å². The number of piperazine rings is 1. The second-order valence-corrected chi connectivity index (χ2v) is 6.36. The lowest BCUT2D eigenvalue weighted by Crippen LogP contribution is -2.57. The van der Waals surface area contributed by atoms with Gasteiger partial charge in [0.1, 0.15) is 0 Å². The second kappa shape index (κ2) is 6.38. The first-order valence-corrected chi connectivity index (χ1v) is 7.68. The molecule has 5 heteroatoms. The summed E-state index contributed by atoms with van der Waals surface area (Å²) in [7, 11) is 0. The predicted octanol–water partition coefficient (Wildman–Crippen LogP) is 2.90. The molecule has 0 unspecified atom stereocenters. The van der Waals surface area contributed by atoms with Crippen molar-refractivity contribution in [3.8, 4) is 0 Å². The fourth-order valence-corrected chi connectivity index (χ4v) is 2.90. The molecule has 22 heavy (non-hydrogen) atoms. The summed E-state index contributed by atoms with van der Waals surface area (Å²) in [5.74, 6) is -0.00727. The fourth-order valence-electron chi connectivity index (χ4n) is 2.90. The van der Waals surface area contributed by atoms with E-state index in [9.17, 15) is 14.7 Å². The van der Waals surface area contributed by atoms with E-state index in [0.717, 1.165) is 11.1 Å². The van der Waals surface area contributed by atoms with Crippen molar-refractivity contribution in [3.05, 3.63) is 35.4 Å². The van der Waals surface area contributed by atoms with Crippen LogP contribution in [-0.2, 0) is 4.79 Å². The molecule has 1 N–H and O–H groups in total. The van der Waals surface area contributed by atoms with E-state index < -0.39 is 6.09 Å². The van der Waals surface area contributed by atoms with Gasteiger partial charge in [-0.2, -0.15) is 0 Å². The monoisotopic (exact) mass is 304 g/mol. The third-order valence-corrected chi connectivity index (χ3v) is 4.22. The van der Waals surface area contributed by atoms with Gasteiger partial charge in [-0.1, -0.05) is 43.7 Å². The molecule has 1 heterocycles. The molecule has 0 aromatic heterocycles. The Hall–Kier alpha value is -2.04. The molecule has 5 nitrogen and oxygen atoms in total. The highest BCUT2D eigenvalue weighted by Gasteiger charge is 2.37. The van der Waals surface area contributed by atoms with E-state index in [1.807, 2.05) is 56.9 Å². The van der Waals surface area contributed by atoms with Gasteiger partial charge in [0.05, 0.1) is 6.04 Å². The van der Waals surface area contributed by atoms with E-state index in [4.69, 9.17) is 0 Å². The highest BCUT2D eigenvalue weighted by molar-refractivity contribution is 5.79. The molecule has 0 radical (unpaired) electrons. The molecule has 1 aliphatic rings. The van der Waals surface area contributed by atoms with Crippen molar-refractivity contribution in [2.24, 2.45) is 5.92 Å². The van der Waals surface area contributed by atoms with Gasteiger partial charge < -0.3 is 10.0 Å². The van der Waals surface area contributed by atoms with Crippen LogP contribution in [0.1, 0.15) is 37.9 Å². The van der Waals surface area contributed by atoms with Crippen LogP contribution in [-0.4, -0.2) is 46.0 Å². The summed E-state index contributed by atoms with van der Waals surface area (Å²) in [6, 6.07) is 7.43. The number of hydrogen-bond donors (Lipinski definition) is 1. The van der Waals surface area contributed by atoms with E-state index in [-0.39, 0.29) is 23.9 Å². The minimum absolute atomic E-state index is 0.0784. The maximum Gasteiger partial charge on any atom is 0.407 e. The molecule has 1 fully saturated rings. The van der Waals surface area contributed by atoms with Crippen LogP contribution in [0, 0.1) is 12.8 Å². The second-order valence-electron chi connectivity index (χ2n) is 6.36. The van der Waals surface area contributed by atoms with Crippen molar-refractivity contribution in [1.29, 1.82) is 0 Å². The molecular weight excluding hydrogens is 280 g/mol. The van der Waals surface area contributed by atoms with Crippen LogP contribution in [0.4, 0.5) is 4.79 Å². The number of aryl methyl sites for hydroxylation is 1. The number of carbonyl (C=O) groups excluding carboxylic acids is 1. The molecule has 0 aliphatic carbocycles. The number of carboxylic acid groups (broad SMARTS) is 1. The van der Waals surface area contributed by atoms with Crippen molar-refractivity contribution in [2.75, 3.05) is 13.1 Å². The van der Waals surface area contributed by atoms with Crippen LogP contribution in [0.2, 0.25) is 0 Å². The average Bonchev–Trinajstić information content (AvgIpc) is 2.47. The molecule has 1 aromatic carbocycles. The number of carbonyl (C=O) groups is 2. The lowest BCUT2D eigenvalue weighted by molar-refractivity contribution is -0.140. The molecule has 2 atom stereocenters. The Balaban J connectivity index is 2.32. The van der Waals surface area contributed by atoms with Crippen molar-refractivity contribution in [3.63, 3.8) is 0 Å². The maximum absolute atomic E-state index is 12.4. The Labute approximate surface area is 131 Å². The highest BCUT2D eigenvalue weighted by atomic mass is 16.4. The van der Waals surface area contributed by atoms with Gasteiger partial charge in [-0.05, 0) is 19.4 Å². The molecule has 2 amide bonds. The summed E-state index contributed by atoms with van der Waals surface area (Å²) in [5.41, 5.74) is 2.06. The Morgan fingerprint density at radius 3 is 2.23 bits per heavy atom. The van der Waals surface area contributed by atoms with Crippen LogP contribution in [0.5, 0.6) is 0 Å². The van der Waals surface area contributed by atoms with E-state index in [0.29, 0.717) is 13.1 Å². The first kappa shape index (κ1) is 16.3. The molecule has 120 valence electrons. The molecule has 0 spiro atoms. The van der Waals surface area contributed by atoms with E-state index in [2.05, 4.69) is 0 Å². The van der Waals surface area contributed by atoms with Crippen LogP contribution >= 0.6 is 0 Å². The van der Waals surface area contributed by atoms with Crippen molar-refractivity contribution in [2.45, 2.75) is 39.8 Å². The fraction of sp³-hybridized carbons (Fsp3) is 0.529. The van der Waals surface area contributed by atoms with Gasteiger partial charge in [0, 0.05) is 25.0 Å². The zero-order valence-corrected chi connectivity index (χ0v) is 13.6. The third kappa shape index (κ3) is 3.24. The van der Waals surface area contributed by atoms with Gasteiger partial charge >= 0.3 is 6.09 Å². The summed E-state index contributed by atoms with van der Waals surface area (Å²) >= 11 is 0. The number of rotatable bonds is 2. The molecule has 1 aliphatic heterocycles. The highest BCUT2D eigenvalue weighted by Crippen LogP contribution is 2.29. The van der Waals surface area contributed by atoms with Gasteiger partial charge in [0.15, 0.2) is 0 Å².